The van der Waals surface area contributed by atoms with Crippen molar-refractivity contribution < 1.29 is 4.79 Å². The van der Waals surface area contributed by atoms with Crippen molar-refractivity contribution in [3.63, 3.8) is 0 Å². The smallest absolute Gasteiger partial charge is 0.278 e. The highest BCUT2D eigenvalue weighted by Crippen LogP contribution is 2.07. The molecule has 1 amide bonds. The van der Waals surface area contributed by atoms with Gasteiger partial charge in [0.15, 0.2) is 0 Å². The molecule has 23 heavy (non-hydrogen) atoms. The number of hydrogen-bond donors (Lipinski definition) is 1. The lowest BCUT2D eigenvalue weighted by atomic mass is 10.2. The Kier molecular flexibility index (Phi) is 4.09. The van der Waals surface area contributed by atoms with E-state index in [9.17, 15) is 9.59 Å². The molecule has 2 heterocycles. The van der Waals surface area contributed by atoms with Gasteiger partial charge >= 0.3 is 0 Å². The van der Waals surface area contributed by atoms with Crippen molar-refractivity contribution in [1.82, 2.24) is 25.3 Å². The molecule has 0 aliphatic heterocycles. The molecule has 2 aromatic heterocycles. The van der Waals surface area contributed by atoms with Crippen molar-refractivity contribution in [3.8, 4) is 0 Å². The molecule has 1 N–H and O–H groups in total. The molecule has 0 aliphatic rings. The molecule has 7 nitrogen and oxygen atoms in total. The van der Waals surface area contributed by atoms with Gasteiger partial charge in [0.2, 0.25) is 5.91 Å². The quantitative estimate of drug-likeness (QED) is 0.778. The zero-order chi connectivity index (χ0) is 16.2. The predicted molar refractivity (Wildman–Crippen MR) is 84.6 cm³/mol. The fraction of sp³-hybridized carbons (Fsp3) is 0.188. The van der Waals surface area contributed by atoms with Gasteiger partial charge in [-0.05, 0) is 30.7 Å². The maximum Gasteiger partial charge on any atom is 0.278 e. The second-order valence-corrected chi connectivity index (χ2v) is 5.11. The maximum absolute atomic E-state index is 12.4. The van der Waals surface area contributed by atoms with Gasteiger partial charge in [-0.15, -0.1) is 5.10 Å². The molecular formula is C16H15N5O2. The summed E-state index contributed by atoms with van der Waals surface area (Å²) in [6.45, 7) is 1.95. The highest BCUT2D eigenvalue weighted by molar-refractivity contribution is 5.81. The number of rotatable bonds is 4. The molecule has 0 aliphatic carbocycles. The number of benzene rings is 1. The molecule has 3 aromatic rings. The average Bonchev–Trinajstić information content (AvgIpc) is 2.60. The molecule has 0 saturated carbocycles. The van der Waals surface area contributed by atoms with Crippen LogP contribution in [0.1, 0.15) is 18.5 Å². The van der Waals surface area contributed by atoms with Crippen LogP contribution in [0.25, 0.3) is 10.9 Å². The van der Waals surface area contributed by atoms with Crippen LogP contribution in [0.4, 0.5) is 0 Å². The number of carbonyl (C=O) groups excluding carboxylic acids is 1. The first-order valence-corrected chi connectivity index (χ1v) is 7.17. The van der Waals surface area contributed by atoms with E-state index in [2.05, 4.69) is 20.6 Å². The summed E-state index contributed by atoms with van der Waals surface area (Å²) in [6, 6.07) is 9.82. The van der Waals surface area contributed by atoms with Gasteiger partial charge in [-0.2, -0.15) is 4.68 Å². The van der Waals surface area contributed by atoms with Crippen LogP contribution < -0.4 is 10.9 Å². The number of carbonyl (C=O) groups is 1. The summed E-state index contributed by atoms with van der Waals surface area (Å²) in [6.07, 6.45) is 3.34. The Balaban J connectivity index is 1.80. The molecule has 1 aromatic carbocycles. The highest BCUT2D eigenvalue weighted by atomic mass is 16.2. The number of amides is 1. The zero-order valence-corrected chi connectivity index (χ0v) is 12.5. The Morgan fingerprint density at radius 2 is 2.09 bits per heavy atom. The van der Waals surface area contributed by atoms with Crippen LogP contribution in [0.15, 0.2) is 53.6 Å². The monoisotopic (exact) mass is 309 g/mol. The minimum absolute atomic E-state index is 0.305. The molecule has 0 spiro atoms. The molecule has 116 valence electrons. The molecule has 7 heteroatoms. The van der Waals surface area contributed by atoms with E-state index in [1.54, 1.807) is 49.6 Å². The van der Waals surface area contributed by atoms with E-state index in [1.165, 1.54) is 0 Å². The van der Waals surface area contributed by atoms with Gasteiger partial charge in [0, 0.05) is 18.9 Å². The van der Waals surface area contributed by atoms with Crippen molar-refractivity contribution >= 4 is 16.8 Å². The van der Waals surface area contributed by atoms with Crippen molar-refractivity contribution in [2.24, 2.45) is 0 Å². The molecular weight excluding hydrogens is 294 g/mol. The first-order chi connectivity index (χ1) is 11.2. The Hall–Kier alpha value is -3.09. The summed E-state index contributed by atoms with van der Waals surface area (Å²) >= 11 is 0. The summed E-state index contributed by atoms with van der Waals surface area (Å²) in [5.41, 5.74) is 1.06. The molecule has 3 rings (SSSR count). The van der Waals surface area contributed by atoms with Crippen molar-refractivity contribution in [2.75, 3.05) is 0 Å². The van der Waals surface area contributed by atoms with Crippen LogP contribution in [-0.4, -0.2) is 25.9 Å². The van der Waals surface area contributed by atoms with E-state index < -0.39 is 6.04 Å². The minimum atomic E-state index is -0.753. The van der Waals surface area contributed by atoms with E-state index in [-0.39, 0.29) is 11.5 Å². The second kappa shape index (κ2) is 6.35. The van der Waals surface area contributed by atoms with Crippen molar-refractivity contribution in [3.05, 3.63) is 64.7 Å². The van der Waals surface area contributed by atoms with E-state index >= 15 is 0 Å². The Bertz CT molecular complexity index is 892. The third-order valence-corrected chi connectivity index (χ3v) is 3.53. The molecule has 0 unspecified atom stereocenters. The van der Waals surface area contributed by atoms with Crippen LogP contribution in [0.3, 0.4) is 0 Å². The maximum atomic E-state index is 12.4. The fourth-order valence-corrected chi connectivity index (χ4v) is 2.21. The molecule has 0 fully saturated rings. The lowest BCUT2D eigenvalue weighted by Gasteiger charge is -2.13. The minimum Gasteiger partial charge on any atom is -0.350 e. The van der Waals surface area contributed by atoms with Crippen LogP contribution in [0.5, 0.6) is 0 Å². The molecule has 0 bridgehead atoms. The lowest BCUT2D eigenvalue weighted by Crippen LogP contribution is -2.37. The van der Waals surface area contributed by atoms with E-state index in [0.717, 1.165) is 10.2 Å². The topological polar surface area (TPSA) is 89.8 Å². The summed E-state index contributed by atoms with van der Waals surface area (Å²) in [5.74, 6) is -0.305. The van der Waals surface area contributed by atoms with Gasteiger partial charge in [-0.3, -0.25) is 14.6 Å². The van der Waals surface area contributed by atoms with Gasteiger partial charge in [0.05, 0.1) is 5.39 Å². The number of fused-ring (bicyclic) bond motifs is 1. The van der Waals surface area contributed by atoms with Gasteiger partial charge in [-0.1, -0.05) is 23.4 Å². The first-order valence-electron chi connectivity index (χ1n) is 7.17. The van der Waals surface area contributed by atoms with Gasteiger partial charge < -0.3 is 5.32 Å². The van der Waals surface area contributed by atoms with Crippen LogP contribution in [0, 0.1) is 0 Å². The van der Waals surface area contributed by atoms with Gasteiger partial charge in [0.1, 0.15) is 11.6 Å². The Labute approximate surface area is 132 Å². The van der Waals surface area contributed by atoms with Crippen LogP contribution >= 0.6 is 0 Å². The number of hydrogen-bond acceptors (Lipinski definition) is 5. The standard InChI is InChI=1S/C16H15N5O2/c1-11(15(22)18-10-12-5-4-8-17-9-12)21-16(23)13-6-2-3-7-14(13)19-20-21/h2-9,11H,10H2,1H3,(H,18,22)/t11-/m1/s1. The summed E-state index contributed by atoms with van der Waals surface area (Å²) < 4.78 is 1.10. The summed E-state index contributed by atoms with van der Waals surface area (Å²) in [4.78, 5) is 28.7. The average molecular weight is 309 g/mol. The van der Waals surface area contributed by atoms with Gasteiger partial charge in [0.25, 0.3) is 5.56 Å². The lowest BCUT2D eigenvalue weighted by molar-refractivity contribution is -0.124. The second-order valence-electron chi connectivity index (χ2n) is 5.11. The summed E-state index contributed by atoms with van der Waals surface area (Å²) in [5, 5.41) is 11.1. The number of aromatic nitrogens is 4. The third kappa shape index (κ3) is 3.08. The molecule has 0 saturated heterocycles. The normalized spacial score (nSPS) is 12.0. The van der Waals surface area contributed by atoms with E-state index in [0.29, 0.717) is 17.4 Å². The number of pyridine rings is 1. The fourth-order valence-electron chi connectivity index (χ4n) is 2.21. The number of nitrogens with zero attached hydrogens (tertiary/aromatic N) is 4. The molecule has 0 radical (unpaired) electrons. The Morgan fingerprint density at radius 3 is 2.87 bits per heavy atom. The third-order valence-electron chi connectivity index (χ3n) is 3.53. The molecule has 1 atom stereocenters. The first kappa shape index (κ1) is 14.8. The van der Waals surface area contributed by atoms with Gasteiger partial charge in [-0.25, -0.2) is 0 Å². The SMILES string of the molecule is C[C@H](C(=O)NCc1cccnc1)n1nnc2ccccc2c1=O. The highest BCUT2D eigenvalue weighted by Gasteiger charge is 2.18. The van der Waals surface area contributed by atoms with Crippen molar-refractivity contribution in [1.29, 1.82) is 0 Å². The van der Waals surface area contributed by atoms with Crippen molar-refractivity contribution in [2.45, 2.75) is 19.5 Å². The predicted octanol–water partition coefficient (Wildman–Crippen LogP) is 1.06. The van der Waals surface area contributed by atoms with Crippen LogP contribution in [-0.2, 0) is 11.3 Å². The largest absolute Gasteiger partial charge is 0.350 e. The van der Waals surface area contributed by atoms with Crippen LogP contribution in [0.2, 0.25) is 0 Å². The number of nitrogens with one attached hydrogen (secondary N) is 1. The van der Waals surface area contributed by atoms with E-state index in [1.807, 2.05) is 6.07 Å². The summed E-state index contributed by atoms with van der Waals surface area (Å²) in [7, 11) is 0. The Morgan fingerprint density at radius 1 is 1.26 bits per heavy atom. The van der Waals surface area contributed by atoms with E-state index in [4.69, 9.17) is 0 Å². The zero-order valence-electron chi connectivity index (χ0n) is 12.5.